The number of carbonyl (C=O) groups is 1. The van der Waals surface area contributed by atoms with Crippen molar-refractivity contribution in [2.75, 3.05) is 0 Å². The van der Waals surface area contributed by atoms with Crippen LogP contribution in [0.4, 0.5) is 5.69 Å². The molecular weight excluding hydrogens is 305 g/mol. The van der Waals surface area contributed by atoms with Crippen LogP contribution < -0.4 is 0 Å². The molecule has 0 aliphatic heterocycles. The van der Waals surface area contributed by atoms with Gasteiger partial charge in [0, 0.05) is 21.7 Å². The van der Waals surface area contributed by atoms with Crippen LogP contribution in [-0.2, 0) is 0 Å². The van der Waals surface area contributed by atoms with Crippen molar-refractivity contribution in [1.82, 2.24) is 0 Å². The van der Waals surface area contributed by atoms with Gasteiger partial charge in [-0.2, -0.15) is 0 Å². The Bertz CT molecular complexity index is 716. The monoisotopic (exact) mass is 311 g/mol. The van der Waals surface area contributed by atoms with Gasteiger partial charge in [-0.3, -0.25) is 10.1 Å². The third-order valence-electron chi connectivity index (χ3n) is 2.67. The summed E-state index contributed by atoms with van der Waals surface area (Å²) in [6.07, 6.45) is 0. The molecule has 0 heterocycles. The molecule has 0 unspecified atom stereocenters. The molecule has 0 bridgehead atoms. The molecule has 0 aliphatic rings. The number of carboxylic acids is 1. The molecule has 7 heteroatoms. The molecule has 0 saturated heterocycles. The summed E-state index contributed by atoms with van der Waals surface area (Å²) < 4.78 is 0. The second kappa shape index (κ2) is 5.48. The number of nitro benzene ring substituents is 1. The van der Waals surface area contributed by atoms with Crippen molar-refractivity contribution < 1.29 is 14.8 Å². The second-order valence-corrected chi connectivity index (χ2v) is 4.76. The fourth-order valence-electron chi connectivity index (χ4n) is 1.75. The number of carboxylic acid groups (broad SMARTS) is 1. The number of benzene rings is 2. The molecule has 0 atom stereocenters. The van der Waals surface area contributed by atoms with E-state index in [1.165, 1.54) is 24.3 Å². The molecule has 0 saturated carbocycles. The first-order valence-corrected chi connectivity index (χ1v) is 6.13. The van der Waals surface area contributed by atoms with E-state index in [1.54, 1.807) is 12.1 Å². The first-order chi connectivity index (χ1) is 9.40. The van der Waals surface area contributed by atoms with Crippen LogP contribution in [-0.4, -0.2) is 16.0 Å². The van der Waals surface area contributed by atoms with Crippen molar-refractivity contribution in [1.29, 1.82) is 0 Å². The van der Waals surface area contributed by atoms with Gasteiger partial charge in [-0.05, 0) is 23.8 Å². The summed E-state index contributed by atoms with van der Waals surface area (Å²) in [6, 6.07) is 8.55. The van der Waals surface area contributed by atoms with E-state index in [0.717, 1.165) is 0 Å². The number of rotatable bonds is 3. The molecule has 0 amide bonds. The number of nitro groups is 1. The molecule has 0 fully saturated rings. The van der Waals surface area contributed by atoms with E-state index in [0.29, 0.717) is 21.2 Å². The average Bonchev–Trinajstić information content (AvgIpc) is 2.37. The molecule has 20 heavy (non-hydrogen) atoms. The maximum absolute atomic E-state index is 10.9. The number of hydrogen-bond acceptors (Lipinski definition) is 3. The standard InChI is InChI=1S/C13H7Cl2NO4/c14-8-2-4-9(11(15)6-8)7-1-3-10(13(17)18)12(5-7)16(19)20/h1-6H,(H,17,18). The highest BCUT2D eigenvalue weighted by Gasteiger charge is 2.21. The summed E-state index contributed by atoms with van der Waals surface area (Å²) in [7, 11) is 0. The summed E-state index contributed by atoms with van der Waals surface area (Å²) in [5.74, 6) is -1.36. The Morgan fingerprint density at radius 3 is 2.40 bits per heavy atom. The van der Waals surface area contributed by atoms with Crippen molar-refractivity contribution in [2.45, 2.75) is 0 Å². The van der Waals surface area contributed by atoms with Gasteiger partial charge >= 0.3 is 5.97 Å². The maximum atomic E-state index is 10.9. The van der Waals surface area contributed by atoms with Crippen LogP contribution in [0.5, 0.6) is 0 Å². The molecule has 2 aromatic carbocycles. The van der Waals surface area contributed by atoms with Gasteiger partial charge in [0.05, 0.1) is 4.92 Å². The van der Waals surface area contributed by atoms with Crippen LogP contribution in [0.3, 0.4) is 0 Å². The minimum Gasteiger partial charge on any atom is -0.477 e. The van der Waals surface area contributed by atoms with E-state index in [-0.39, 0.29) is 5.56 Å². The third-order valence-corrected chi connectivity index (χ3v) is 3.21. The zero-order valence-corrected chi connectivity index (χ0v) is 11.4. The molecule has 0 aliphatic carbocycles. The van der Waals surface area contributed by atoms with Crippen LogP contribution >= 0.6 is 23.2 Å². The smallest absolute Gasteiger partial charge is 0.342 e. The highest BCUT2D eigenvalue weighted by atomic mass is 35.5. The van der Waals surface area contributed by atoms with Gasteiger partial charge < -0.3 is 5.11 Å². The fraction of sp³-hybridized carbons (Fsp3) is 0. The first kappa shape index (κ1) is 14.3. The van der Waals surface area contributed by atoms with E-state index >= 15 is 0 Å². The van der Waals surface area contributed by atoms with Gasteiger partial charge in [-0.15, -0.1) is 0 Å². The van der Waals surface area contributed by atoms with Crippen LogP contribution in [0.1, 0.15) is 10.4 Å². The predicted octanol–water partition coefficient (Wildman–Crippen LogP) is 4.27. The molecule has 102 valence electrons. The topological polar surface area (TPSA) is 80.4 Å². The number of aromatic carboxylic acids is 1. The second-order valence-electron chi connectivity index (χ2n) is 3.92. The summed E-state index contributed by atoms with van der Waals surface area (Å²) in [4.78, 5) is 21.1. The molecule has 2 aromatic rings. The largest absolute Gasteiger partial charge is 0.477 e. The number of nitrogens with zero attached hydrogens (tertiary/aromatic N) is 1. The van der Waals surface area contributed by atoms with E-state index in [2.05, 4.69) is 0 Å². The maximum Gasteiger partial charge on any atom is 0.342 e. The Balaban J connectivity index is 2.62. The summed E-state index contributed by atoms with van der Waals surface area (Å²) in [5, 5.41) is 20.6. The zero-order valence-electron chi connectivity index (χ0n) is 9.84. The molecule has 2 rings (SSSR count). The fourth-order valence-corrected chi connectivity index (χ4v) is 2.27. The Morgan fingerprint density at radius 1 is 1.15 bits per heavy atom. The molecule has 5 nitrogen and oxygen atoms in total. The van der Waals surface area contributed by atoms with Crippen molar-refractivity contribution in [3.05, 3.63) is 62.1 Å². The van der Waals surface area contributed by atoms with Gasteiger partial charge in [0.1, 0.15) is 5.56 Å². The number of hydrogen-bond donors (Lipinski definition) is 1. The SMILES string of the molecule is O=C(O)c1ccc(-c2ccc(Cl)cc2Cl)cc1[N+](=O)[O-]. The minimum absolute atomic E-state index is 0.329. The Kier molecular flexibility index (Phi) is 3.92. The van der Waals surface area contributed by atoms with Crippen LogP contribution in [0.25, 0.3) is 11.1 Å². The molecule has 0 radical (unpaired) electrons. The van der Waals surface area contributed by atoms with Gasteiger partial charge in [0.2, 0.25) is 0 Å². The molecule has 0 spiro atoms. The minimum atomic E-state index is -1.36. The van der Waals surface area contributed by atoms with Crippen molar-refractivity contribution >= 4 is 34.9 Å². The predicted molar refractivity (Wildman–Crippen MR) is 75.5 cm³/mol. The van der Waals surface area contributed by atoms with E-state index in [1.807, 2.05) is 0 Å². The summed E-state index contributed by atoms with van der Waals surface area (Å²) in [5.41, 5.74) is 0.129. The Morgan fingerprint density at radius 2 is 1.85 bits per heavy atom. The van der Waals surface area contributed by atoms with Crippen LogP contribution in [0.2, 0.25) is 10.0 Å². The lowest BCUT2D eigenvalue weighted by Crippen LogP contribution is -2.02. The summed E-state index contributed by atoms with van der Waals surface area (Å²) >= 11 is 11.8. The lowest BCUT2D eigenvalue weighted by molar-refractivity contribution is -0.385. The lowest BCUT2D eigenvalue weighted by atomic mass is 10.0. The van der Waals surface area contributed by atoms with E-state index < -0.39 is 16.6 Å². The third kappa shape index (κ3) is 2.74. The van der Waals surface area contributed by atoms with Crippen molar-refractivity contribution in [3.8, 4) is 11.1 Å². The van der Waals surface area contributed by atoms with E-state index in [9.17, 15) is 14.9 Å². The van der Waals surface area contributed by atoms with Crippen LogP contribution in [0.15, 0.2) is 36.4 Å². The average molecular weight is 312 g/mol. The first-order valence-electron chi connectivity index (χ1n) is 5.37. The molecular formula is C13H7Cl2NO4. The quantitative estimate of drug-likeness (QED) is 0.678. The molecule has 0 aromatic heterocycles. The van der Waals surface area contributed by atoms with Gasteiger partial charge in [-0.25, -0.2) is 4.79 Å². The Hall–Kier alpha value is -2.11. The Labute approximate surface area is 123 Å². The lowest BCUT2D eigenvalue weighted by Gasteiger charge is -2.06. The molecule has 1 N–H and O–H groups in total. The zero-order chi connectivity index (χ0) is 14.9. The van der Waals surface area contributed by atoms with Crippen molar-refractivity contribution in [3.63, 3.8) is 0 Å². The van der Waals surface area contributed by atoms with Crippen LogP contribution in [0, 0.1) is 10.1 Å². The van der Waals surface area contributed by atoms with Crippen molar-refractivity contribution in [2.24, 2.45) is 0 Å². The van der Waals surface area contributed by atoms with E-state index in [4.69, 9.17) is 28.3 Å². The normalized spacial score (nSPS) is 10.3. The highest BCUT2D eigenvalue weighted by Crippen LogP contribution is 2.33. The highest BCUT2D eigenvalue weighted by molar-refractivity contribution is 6.36. The number of halogens is 2. The van der Waals surface area contributed by atoms with Gasteiger partial charge in [0.15, 0.2) is 0 Å². The van der Waals surface area contributed by atoms with Gasteiger partial charge in [-0.1, -0.05) is 35.3 Å². The summed E-state index contributed by atoms with van der Waals surface area (Å²) in [6.45, 7) is 0. The van der Waals surface area contributed by atoms with Gasteiger partial charge in [0.25, 0.3) is 5.69 Å².